The molecule has 0 radical (unpaired) electrons. The van der Waals surface area contributed by atoms with Crippen molar-refractivity contribution in [3.05, 3.63) is 0 Å². The van der Waals surface area contributed by atoms with Crippen LogP contribution >= 0.6 is 0 Å². The van der Waals surface area contributed by atoms with Crippen LogP contribution in [0.4, 0.5) is 0 Å². The molecule has 2 aliphatic carbocycles. The number of fused-ring (bicyclic) bond motifs is 1. The van der Waals surface area contributed by atoms with Crippen molar-refractivity contribution < 1.29 is 9.90 Å². The van der Waals surface area contributed by atoms with E-state index in [0.717, 1.165) is 32.1 Å². The molecule has 4 nitrogen and oxygen atoms in total. The summed E-state index contributed by atoms with van der Waals surface area (Å²) in [6.45, 7) is 0.0817. The molecule has 0 aromatic rings. The first-order chi connectivity index (χ1) is 9.22. The van der Waals surface area contributed by atoms with Crippen LogP contribution < -0.4 is 10.6 Å². The van der Waals surface area contributed by atoms with Crippen LogP contribution in [0.2, 0.25) is 0 Å². The molecule has 1 saturated heterocycles. The highest BCUT2D eigenvalue weighted by atomic mass is 16.3. The summed E-state index contributed by atoms with van der Waals surface area (Å²) in [7, 11) is 0. The molecule has 3 N–H and O–H groups in total. The number of carbonyl (C=O) groups is 1. The van der Waals surface area contributed by atoms with Crippen LogP contribution in [0.3, 0.4) is 0 Å². The molecule has 108 valence electrons. The predicted molar refractivity (Wildman–Crippen MR) is 73.7 cm³/mol. The molecule has 4 heteroatoms. The smallest absolute Gasteiger partial charge is 0.237 e. The van der Waals surface area contributed by atoms with E-state index in [0.29, 0.717) is 12.0 Å². The first-order valence-electron chi connectivity index (χ1n) is 7.91. The molecule has 2 saturated carbocycles. The summed E-state index contributed by atoms with van der Waals surface area (Å²) in [5.74, 6) is 0.809. The van der Waals surface area contributed by atoms with Gasteiger partial charge in [-0.25, -0.2) is 0 Å². The van der Waals surface area contributed by atoms with Gasteiger partial charge in [-0.3, -0.25) is 4.79 Å². The van der Waals surface area contributed by atoms with Crippen LogP contribution in [0.5, 0.6) is 0 Å². The van der Waals surface area contributed by atoms with E-state index in [2.05, 4.69) is 10.6 Å². The Hall–Kier alpha value is -0.610. The quantitative estimate of drug-likeness (QED) is 0.722. The largest absolute Gasteiger partial charge is 0.394 e. The maximum absolute atomic E-state index is 12.4. The summed E-state index contributed by atoms with van der Waals surface area (Å²) >= 11 is 0. The maximum Gasteiger partial charge on any atom is 0.237 e. The van der Waals surface area contributed by atoms with Gasteiger partial charge in [-0.1, -0.05) is 25.7 Å². The van der Waals surface area contributed by atoms with E-state index in [1.165, 1.54) is 25.7 Å². The average Bonchev–Trinajstić information content (AvgIpc) is 3.05. The van der Waals surface area contributed by atoms with E-state index in [-0.39, 0.29) is 24.1 Å². The molecular formula is C15H26N2O2. The van der Waals surface area contributed by atoms with E-state index in [4.69, 9.17) is 0 Å². The number of hydrogen-bond donors (Lipinski definition) is 3. The number of amides is 1. The summed E-state index contributed by atoms with van der Waals surface area (Å²) in [5, 5.41) is 16.2. The SMILES string of the molecule is O=C(NC1(CO)CCCC1)C1CC2CCCCC2N1. The van der Waals surface area contributed by atoms with E-state index in [1.807, 2.05) is 0 Å². The lowest BCUT2D eigenvalue weighted by Crippen LogP contribution is -2.54. The Morgan fingerprint density at radius 1 is 1.21 bits per heavy atom. The highest BCUT2D eigenvalue weighted by Crippen LogP contribution is 2.34. The lowest BCUT2D eigenvalue weighted by Gasteiger charge is -2.29. The molecular weight excluding hydrogens is 240 g/mol. The van der Waals surface area contributed by atoms with Crippen LogP contribution in [-0.2, 0) is 4.79 Å². The minimum absolute atomic E-state index is 0.0304. The third-order valence-corrected chi connectivity index (χ3v) is 5.43. The molecule has 0 spiro atoms. The van der Waals surface area contributed by atoms with Crippen molar-refractivity contribution >= 4 is 5.91 Å². The van der Waals surface area contributed by atoms with Gasteiger partial charge in [0, 0.05) is 6.04 Å². The number of aliphatic hydroxyl groups excluding tert-OH is 1. The van der Waals surface area contributed by atoms with Gasteiger partial charge >= 0.3 is 0 Å². The van der Waals surface area contributed by atoms with Crippen LogP contribution in [0.1, 0.15) is 57.8 Å². The molecule has 19 heavy (non-hydrogen) atoms. The molecule has 3 aliphatic rings. The Bertz CT molecular complexity index is 325. The van der Waals surface area contributed by atoms with Gasteiger partial charge in [-0.15, -0.1) is 0 Å². The zero-order chi connectivity index (χ0) is 13.3. The maximum atomic E-state index is 12.4. The van der Waals surface area contributed by atoms with Gasteiger partial charge in [-0.05, 0) is 38.0 Å². The van der Waals surface area contributed by atoms with Crippen LogP contribution in [-0.4, -0.2) is 35.2 Å². The fourth-order valence-corrected chi connectivity index (χ4v) is 4.24. The first-order valence-corrected chi connectivity index (χ1v) is 7.91. The predicted octanol–water partition coefficient (Wildman–Crippen LogP) is 1.33. The van der Waals surface area contributed by atoms with Crippen molar-refractivity contribution in [1.82, 2.24) is 10.6 Å². The zero-order valence-corrected chi connectivity index (χ0v) is 11.7. The first kappa shape index (κ1) is 13.4. The van der Waals surface area contributed by atoms with Gasteiger partial charge in [0.1, 0.15) is 0 Å². The lowest BCUT2D eigenvalue weighted by molar-refractivity contribution is -0.125. The van der Waals surface area contributed by atoms with Crippen molar-refractivity contribution in [2.75, 3.05) is 6.61 Å². The monoisotopic (exact) mass is 266 g/mol. The second-order valence-corrected chi connectivity index (χ2v) is 6.74. The number of nitrogens with one attached hydrogen (secondary N) is 2. The van der Waals surface area contributed by atoms with Gasteiger partial charge in [0.25, 0.3) is 0 Å². The summed E-state index contributed by atoms with van der Waals surface area (Å²) < 4.78 is 0. The minimum Gasteiger partial charge on any atom is -0.394 e. The number of rotatable bonds is 3. The Kier molecular flexibility index (Phi) is 3.81. The van der Waals surface area contributed by atoms with Gasteiger partial charge in [0.15, 0.2) is 0 Å². The normalized spacial score (nSPS) is 37.0. The van der Waals surface area contributed by atoms with Gasteiger partial charge in [-0.2, -0.15) is 0 Å². The summed E-state index contributed by atoms with van der Waals surface area (Å²) in [4.78, 5) is 12.4. The molecule has 1 aliphatic heterocycles. The molecule has 3 atom stereocenters. The van der Waals surface area contributed by atoms with Crippen molar-refractivity contribution in [2.24, 2.45) is 5.92 Å². The zero-order valence-electron chi connectivity index (χ0n) is 11.7. The van der Waals surface area contributed by atoms with Gasteiger partial charge in [0.2, 0.25) is 5.91 Å². The van der Waals surface area contributed by atoms with Crippen LogP contribution in [0.15, 0.2) is 0 Å². The Balaban J connectivity index is 1.58. The second kappa shape index (κ2) is 5.41. The molecule has 3 rings (SSSR count). The Labute approximate surface area is 115 Å². The molecule has 3 fully saturated rings. The van der Waals surface area contributed by atoms with Crippen molar-refractivity contribution in [3.8, 4) is 0 Å². The summed E-state index contributed by atoms with van der Waals surface area (Å²) in [6, 6.07) is 0.523. The molecule has 3 unspecified atom stereocenters. The van der Waals surface area contributed by atoms with Crippen molar-refractivity contribution in [3.63, 3.8) is 0 Å². The lowest BCUT2D eigenvalue weighted by atomic mass is 9.85. The Morgan fingerprint density at radius 3 is 2.63 bits per heavy atom. The molecule has 1 amide bonds. The number of hydrogen-bond acceptors (Lipinski definition) is 3. The number of aliphatic hydroxyl groups is 1. The minimum atomic E-state index is -0.327. The van der Waals surface area contributed by atoms with E-state index in [9.17, 15) is 9.90 Å². The highest BCUT2D eigenvalue weighted by molar-refractivity contribution is 5.83. The van der Waals surface area contributed by atoms with Gasteiger partial charge < -0.3 is 15.7 Å². The van der Waals surface area contributed by atoms with E-state index >= 15 is 0 Å². The molecule has 0 aromatic carbocycles. The van der Waals surface area contributed by atoms with Crippen molar-refractivity contribution in [1.29, 1.82) is 0 Å². The van der Waals surface area contributed by atoms with Gasteiger partial charge in [0.05, 0.1) is 18.2 Å². The molecule has 0 bridgehead atoms. The number of carbonyl (C=O) groups excluding carboxylic acids is 1. The standard InChI is InChI=1S/C15H26N2O2/c18-10-15(7-3-4-8-15)17-14(19)13-9-11-5-1-2-6-12(11)16-13/h11-13,16,18H,1-10H2,(H,17,19). The van der Waals surface area contributed by atoms with Crippen LogP contribution in [0, 0.1) is 5.92 Å². The van der Waals surface area contributed by atoms with E-state index in [1.54, 1.807) is 0 Å². The fraction of sp³-hybridized carbons (Fsp3) is 0.933. The fourth-order valence-electron chi connectivity index (χ4n) is 4.24. The highest BCUT2D eigenvalue weighted by Gasteiger charge is 2.41. The summed E-state index contributed by atoms with van der Waals surface area (Å²) in [5.41, 5.74) is -0.327. The third-order valence-electron chi connectivity index (χ3n) is 5.43. The van der Waals surface area contributed by atoms with Crippen LogP contribution in [0.25, 0.3) is 0 Å². The Morgan fingerprint density at radius 2 is 1.95 bits per heavy atom. The summed E-state index contributed by atoms with van der Waals surface area (Å²) in [6.07, 6.45) is 10.2. The topological polar surface area (TPSA) is 61.4 Å². The molecule has 0 aromatic heterocycles. The second-order valence-electron chi connectivity index (χ2n) is 6.74. The van der Waals surface area contributed by atoms with Crippen molar-refractivity contribution in [2.45, 2.75) is 75.4 Å². The molecule has 1 heterocycles. The average molecular weight is 266 g/mol. The van der Waals surface area contributed by atoms with E-state index < -0.39 is 0 Å². The third kappa shape index (κ3) is 2.65.